The number of para-hydroxylation sites is 1. The maximum Gasteiger partial charge on any atom is 0.188 e. The lowest BCUT2D eigenvalue weighted by molar-refractivity contribution is 0.572. The normalized spacial score (nSPS) is 12.3. The molecule has 3 N–H and O–H groups in total. The summed E-state index contributed by atoms with van der Waals surface area (Å²) in [5.41, 5.74) is 7.84. The first-order chi connectivity index (χ1) is 9.08. The van der Waals surface area contributed by atoms with Gasteiger partial charge in [0.15, 0.2) is 5.96 Å². The highest BCUT2D eigenvalue weighted by Gasteiger charge is 2.09. The maximum absolute atomic E-state index is 5.84. The van der Waals surface area contributed by atoms with E-state index in [0.717, 1.165) is 28.8 Å². The molecule has 0 aliphatic heterocycles. The van der Waals surface area contributed by atoms with E-state index >= 15 is 0 Å². The Bertz CT molecular complexity index is 584. The van der Waals surface area contributed by atoms with Crippen LogP contribution in [0.1, 0.15) is 25.2 Å². The second-order valence-electron chi connectivity index (χ2n) is 5.11. The van der Waals surface area contributed by atoms with Gasteiger partial charge in [0.1, 0.15) is 11.3 Å². The summed E-state index contributed by atoms with van der Waals surface area (Å²) < 4.78 is 5.70. The highest BCUT2D eigenvalue weighted by atomic mass is 16.3. The molecule has 2 rings (SSSR count). The zero-order chi connectivity index (χ0) is 13.8. The van der Waals surface area contributed by atoms with Gasteiger partial charge in [-0.2, -0.15) is 0 Å². The van der Waals surface area contributed by atoms with Crippen molar-refractivity contribution in [1.82, 2.24) is 5.32 Å². The molecule has 19 heavy (non-hydrogen) atoms. The van der Waals surface area contributed by atoms with Gasteiger partial charge < -0.3 is 15.5 Å². The minimum absolute atomic E-state index is 0.485. The molecule has 0 saturated heterocycles. The zero-order valence-corrected chi connectivity index (χ0v) is 11.7. The lowest BCUT2D eigenvalue weighted by Crippen LogP contribution is -2.34. The van der Waals surface area contributed by atoms with E-state index in [1.807, 2.05) is 25.1 Å². The summed E-state index contributed by atoms with van der Waals surface area (Å²) in [6.07, 6.45) is 0. The van der Waals surface area contributed by atoms with Gasteiger partial charge in [-0.3, -0.25) is 0 Å². The van der Waals surface area contributed by atoms with E-state index in [1.54, 1.807) is 0 Å². The van der Waals surface area contributed by atoms with Crippen LogP contribution in [-0.2, 0) is 6.54 Å². The molecule has 0 spiro atoms. The maximum atomic E-state index is 5.84. The quantitative estimate of drug-likeness (QED) is 0.655. The van der Waals surface area contributed by atoms with Crippen LogP contribution in [0.25, 0.3) is 11.0 Å². The second kappa shape index (κ2) is 5.78. The third kappa shape index (κ3) is 3.28. The zero-order valence-electron chi connectivity index (χ0n) is 11.7. The number of hydrogen-bond donors (Lipinski definition) is 2. The van der Waals surface area contributed by atoms with Crippen molar-refractivity contribution in [3.8, 4) is 0 Å². The molecule has 4 heteroatoms. The molecule has 0 aliphatic rings. The van der Waals surface area contributed by atoms with Gasteiger partial charge in [-0.05, 0) is 18.9 Å². The Morgan fingerprint density at radius 2 is 2.11 bits per heavy atom. The fraction of sp³-hybridized carbons (Fsp3) is 0.400. The van der Waals surface area contributed by atoms with E-state index in [9.17, 15) is 0 Å². The van der Waals surface area contributed by atoms with Gasteiger partial charge in [-0.15, -0.1) is 0 Å². The van der Waals surface area contributed by atoms with Gasteiger partial charge in [0, 0.05) is 17.5 Å². The van der Waals surface area contributed by atoms with Crippen LogP contribution in [0.4, 0.5) is 0 Å². The van der Waals surface area contributed by atoms with Gasteiger partial charge >= 0.3 is 0 Å². The number of guanidine groups is 1. The summed E-state index contributed by atoms with van der Waals surface area (Å²) in [4.78, 5) is 4.37. The Hall–Kier alpha value is -1.97. The van der Waals surface area contributed by atoms with Crippen LogP contribution in [0.5, 0.6) is 0 Å². The largest absolute Gasteiger partial charge is 0.461 e. The number of aryl methyl sites for hydroxylation is 1. The van der Waals surface area contributed by atoms with Gasteiger partial charge in [0.25, 0.3) is 0 Å². The molecule has 1 heterocycles. The van der Waals surface area contributed by atoms with Crippen molar-refractivity contribution in [1.29, 1.82) is 0 Å². The number of rotatable bonds is 4. The molecular formula is C15H21N3O. The van der Waals surface area contributed by atoms with Crippen LogP contribution in [-0.4, -0.2) is 12.5 Å². The first-order valence-electron chi connectivity index (χ1n) is 6.58. The summed E-state index contributed by atoms with van der Waals surface area (Å²) in [5.74, 6) is 1.94. The fourth-order valence-corrected chi connectivity index (χ4v) is 1.95. The van der Waals surface area contributed by atoms with Crippen molar-refractivity contribution in [2.45, 2.75) is 27.3 Å². The molecule has 4 nitrogen and oxygen atoms in total. The van der Waals surface area contributed by atoms with Crippen molar-refractivity contribution in [2.24, 2.45) is 16.6 Å². The van der Waals surface area contributed by atoms with E-state index in [0.29, 0.717) is 18.4 Å². The molecule has 1 aromatic heterocycles. The number of nitrogens with one attached hydrogen (secondary N) is 1. The van der Waals surface area contributed by atoms with Gasteiger partial charge in [0.05, 0.1) is 6.54 Å². The van der Waals surface area contributed by atoms with E-state index < -0.39 is 0 Å². The van der Waals surface area contributed by atoms with Gasteiger partial charge in [-0.25, -0.2) is 4.99 Å². The van der Waals surface area contributed by atoms with E-state index in [1.165, 1.54) is 0 Å². The van der Waals surface area contributed by atoms with Crippen molar-refractivity contribution in [3.63, 3.8) is 0 Å². The van der Waals surface area contributed by atoms with Crippen molar-refractivity contribution < 1.29 is 4.42 Å². The summed E-state index contributed by atoms with van der Waals surface area (Å²) in [6.45, 7) is 7.60. The molecule has 0 saturated carbocycles. The number of benzene rings is 1. The van der Waals surface area contributed by atoms with Crippen molar-refractivity contribution in [2.75, 3.05) is 6.54 Å². The minimum atomic E-state index is 0.485. The molecule has 102 valence electrons. The average molecular weight is 259 g/mol. The Balaban J connectivity index is 2.13. The predicted octanol–water partition coefficient (Wildman–Crippen LogP) is 2.80. The standard InChI is InChI=1S/C15H21N3O/c1-10(2)8-17-15(16)18-9-13-11(3)19-14-7-5-4-6-12(13)14/h4-7,10H,8-9H2,1-3H3,(H3,16,17,18). The third-order valence-corrected chi connectivity index (χ3v) is 3.00. The lowest BCUT2D eigenvalue weighted by atomic mass is 10.1. The fourth-order valence-electron chi connectivity index (χ4n) is 1.95. The number of furan rings is 1. The van der Waals surface area contributed by atoms with Gasteiger partial charge in [0.2, 0.25) is 0 Å². The first-order valence-corrected chi connectivity index (χ1v) is 6.58. The molecule has 0 atom stereocenters. The Kier molecular flexibility index (Phi) is 4.10. The first kappa shape index (κ1) is 13.5. The SMILES string of the molecule is Cc1oc2ccccc2c1CN=C(N)NCC(C)C. The molecule has 1 aromatic carbocycles. The number of aliphatic imine (C=N–C) groups is 1. The minimum Gasteiger partial charge on any atom is -0.461 e. The topological polar surface area (TPSA) is 63.5 Å². The summed E-state index contributed by atoms with van der Waals surface area (Å²) >= 11 is 0. The number of hydrogen-bond acceptors (Lipinski definition) is 2. The van der Waals surface area contributed by atoms with Crippen LogP contribution < -0.4 is 11.1 Å². The number of nitrogens with zero attached hydrogens (tertiary/aromatic N) is 1. The molecule has 0 amide bonds. The summed E-state index contributed by atoms with van der Waals surface area (Å²) in [6, 6.07) is 7.99. The van der Waals surface area contributed by atoms with Crippen LogP contribution in [0.15, 0.2) is 33.7 Å². The van der Waals surface area contributed by atoms with Crippen LogP contribution >= 0.6 is 0 Å². The summed E-state index contributed by atoms with van der Waals surface area (Å²) in [7, 11) is 0. The smallest absolute Gasteiger partial charge is 0.188 e. The Labute approximate surface area is 113 Å². The Morgan fingerprint density at radius 3 is 2.84 bits per heavy atom. The van der Waals surface area contributed by atoms with E-state index in [2.05, 4.69) is 30.2 Å². The highest BCUT2D eigenvalue weighted by molar-refractivity contribution is 5.83. The number of fused-ring (bicyclic) bond motifs is 1. The lowest BCUT2D eigenvalue weighted by Gasteiger charge is -2.07. The van der Waals surface area contributed by atoms with Crippen LogP contribution in [0.2, 0.25) is 0 Å². The average Bonchev–Trinajstić information content (AvgIpc) is 2.69. The number of nitrogens with two attached hydrogens (primary N) is 1. The highest BCUT2D eigenvalue weighted by Crippen LogP contribution is 2.25. The molecule has 0 fully saturated rings. The molecule has 0 unspecified atom stereocenters. The second-order valence-corrected chi connectivity index (χ2v) is 5.11. The van der Waals surface area contributed by atoms with Gasteiger partial charge in [-0.1, -0.05) is 32.0 Å². The van der Waals surface area contributed by atoms with Crippen LogP contribution in [0, 0.1) is 12.8 Å². The third-order valence-electron chi connectivity index (χ3n) is 3.00. The Morgan fingerprint density at radius 1 is 1.37 bits per heavy atom. The summed E-state index contributed by atoms with van der Waals surface area (Å²) in [5, 5.41) is 4.22. The monoisotopic (exact) mass is 259 g/mol. The van der Waals surface area contributed by atoms with Crippen molar-refractivity contribution >= 4 is 16.9 Å². The van der Waals surface area contributed by atoms with E-state index in [4.69, 9.17) is 10.2 Å². The van der Waals surface area contributed by atoms with Crippen molar-refractivity contribution in [3.05, 3.63) is 35.6 Å². The molecule has 0 aliphatic carbocycles. The van der Waals surface area contributed by atoms with E-state index in [-0.39, 0.29) is 0 Å². The molecule has 0 radical (unpaired) electrons. The predicted molar refractivity (Wildman–Crippen MR) is 79.1 cm³/mol. The molecular weight excluding hydrogens is 238 g/mol. The molecule has 0 bridgehead atoms. The van der Waals surface area contributed by atoms with Crippen LogP contribution in [0.3, 0.4) is 0 Å². The molecule has 2 aromatic rings.